The number of nitrogens with one attached hydrogen (secondary N) is 1. The normalized spacial score (nSPS) is 10.6. The number of ether oxygens (including phenoxy) is 1. The molecule has 0 fully saturated rings. The molecule has 0 radical (unpaired) electrons. The predicted octanol–water partition coefficient (Wildman–Crippen LogP) is 3.70. The lowest BCUT2D eigenvalue weighted by molar-refractivity contribution is -0.113. The average Bonchev–Trinajstić information content (AvgIpc) is 3.08. The van der Waals surface area contributed by atoms with Crippen molar-refractivity contribution in [2.45, 2.75) is 19.0 Å². The van der Waals surface area contributed by atoms with Crippen LogP contribution in [0.5, 0.6) is 0 Å². The van der Waals surface area contributed by atoms with Crippen LogP contribution in [-0.2, 0) is 16.6 Å². The summed E-state index contributed by atoms with van der Waals surface area (Å²) < 4.78 is 6.83. The summed E-state index contributed by atoms with van der Waals surface area (Å²) in [6.07, 6.45) is 0. The van der Waals surface area contributed by atoms with Crippen molar-refractivity contribution in [2.24, 2.45) is 7.05 Å². The van der Waals surface area contributed by atoms with E-state index in [0.29, 0.717) is 23.0 Å². The van der Waals surface area contributed by atoms with Crippen LogP contribution in [0.15, 0.2) is 53.7 Å². The molecule has 0 bridgehead atoms. The molecule has 0 aliphatic rings. The first-order valence-electron chi connectivity index (χ1n) is 9.14. The van der Waals surface area contributed by atoms with Gasteiger partial charge in [-0.2, -0.15) is 0 Å². The van der Waals surface area contributed by atoms with Crippen molar-refractivity contribution in [1.82, 2.24) is 14.8 Å². The predicted molar refractivity (Wildman–Crippen MR) is 113 cm³/mol. The van der Waals surface area contributed by atoms with Crippen molar-refractivity contribution < 1.29 is 14.3 Å². The first kappa shape index (κ1) is 20.6. The number of hydrogen-bond donors (Lipinski definition) is 1. The highest BCUT2D eigenvalue weighted by atomic mass is 32.2. The average molecular weight is 410 g/mol. The van der Waals surface area contributed by atoms with Crippen molar-refractivity contribution in [3.63, 3.8) is 0 Å². The number of amides is 1. The third-order valence-corrected chi connectivity index (χ3v) is 5.25. The zero-order valence-electron chi connectivity index (χ0n) is 16.5. The van der Waals surface area contributed by atoms with E-state index in [1.165, 1.54) is 11.8 Å². The first-order valence-corrected chi connectivity index (χ1v) is 10.1. The fourth-order valence-corrected chi connectivity index (χ4v) is 3.44. The molecule has 0 aliphatic heterocycles. The van der Waals surface area contributed by atoms with Gasteiger partial charge in [-0.05, 0) is 43.7 Å². The van der Waals surface area contributed by atoms with E-state index in [2.05, 4.69) is 15.5 Å². The summed E-state index contributed by atoms with van der Waals surface area (Å²) in [6, 6.07) is 14.6. The van der Waals surface area contributed by atoms with E-state index >= 15 is 0 Å². The second kappa shape index (κ2) is 9.38. The molecule has 3 rings (SSSR count). The molecule has 29 heavy (non-hydrogen) atoms. The molecule has 150 valence electrons. The van der Waals surface area contributed by atoms with Crippen LogP contribution in [0.1, 0.15) is 22.8 Å². The Bertz CT molecular complexity index is 1020. The quantitative estimate of drug-likeness (QED) is 0.472. The Kier molecular flexibility index (Phi) is 6.66. The van der Waals surface area contributed by atoms with E-state index < -0.39 is 0 Å². The Morgan fingerprint density at radius 3 is 2.52 bits per heavy atom. The Morgan fingerprint density at radius 2 is 1.83 bits per heavy atom. The maximum atomic E-state index is 12.3. The highest BCUT2D eigenvalue weighted by Gasteiger charge is 2.14. The van der Waals surface area contributed by atoms with Crippen molar-refractivity contribution in [3.05, 3.63) is 59.7 Å². The van der Waals surface area contributed by atoms with E-state index in [1.54, 1.807) is 31.2 Å². The minimum atomic E-state index is -0.382. The third kappa shape index (κ3) is 5.03. The molecular weight excluding hydrogens is 388 g/mol. The molecule has 3 aromatic rings. The lowest BCUT2D eigenvalue weighted by Crippen LogP contribution is -2.14. The van der Waals surface area contributed by atoms with Crippen molar-refractivity contribution in [1.29, 1.82) is 0 Å². The number of thioether (sulfide) groups is 1. The number of anilines is 1. The second-order valence-corrected chi connectivity index (χ2v) is 7.26. The standard InChI is InChI=1S/C21H22N4O3S/c1-4-28-20(27)15-9-11-16(12-10-15)22-18(26)13-29-21-24-23-19(25(21)3)17-8-6-5-7-14(17)2/h5-12H,4,13H2,1-3H3,(H,22,26). The Labute approximate surface area is 173 Å². The summed E-state index contributed by atoms with van der Waals surface area (Å²) in [4.78, 5) is 23.9. The monoisotopic (exact) mass is 410 g/mol. The molecule has 0 saturated heterocycles. The van der Waals surface area contributed by atoms with Gasteiger partial charge < -0.3 is 14.6 Å². The van der Waals surface area contributed by atoms with E-state index in [1.807, 2.05) is 42.8 Å². The molecule has 0 unspecified atom stereocenters. The van der Waals surface area contributed by atoms with Gasteiger partial charge in [0.05, 0.1) is 17.9 Å². The number of aryl methyl sites for hydroxylation is 1. The molecule has 8 heteroatoms. The lowest BCUT2D eigenvalue weighted by Gasteiger charge is -2.07. The summed E-state index contributed by atoms with van der Waals surface area (Å²) in [7, 11) is 1.89. The van der Waals surface area contributed by atoms with Gasteiger partial charge in [-0.3, -0.25) is 4.79 Å². The minimum absolute atomic E-state index is 0.167. The summed E-state index contributed by atoms with van der Waals surface area (Å²) in [6.45, 7) is 4.10. The van der Waals surface area contributed by atoms with Crippen molar-refractivity contribution in [3.8, 4) is 11.4 Å². The number of carbonyl (C=O) groups excluding carboxylic acids is 2. The molecule has 1 N–H and O–H groups in total. The molecule has 1 amide bonds. The van der Waals surface area contributed by atoms with Crippen LogP contribution < -0.4 is 5.32 Å². The molecule has 0 atom stereocenters. The number of aromatic nitrogens is 3. The number of esters is 1. The summed E-state index contributed by atoms with van der Waals surface area (Å²) >= 11 is 1.31. The summed E-state index contributed by atoms with van der Waals surface area (Å²) in [5.74, 6) is 0.409. The topological polar surface area (TPSA) is 86.1 Å². The molecular formula is C21H22N4O3S. The maximum Gasteiger partial charge on any atom is 0.338 e. The molecule has 7 nitrogen and oxygen atoms in total. The van der Waals surface area contributed by atoms with Gasteiger partial charge in [0.15, 0.2) is 11.0 Å². The van der Waals surface area contributed by atoms with E-state index in [0.717, 1.165) is 17.0 Å². The van der Waals surface area contributed by atoms with E-state index in [9.17, 15) is 9.59 Å². The van der Waals surface area contributed by atoms with E-state index in [-0.39, 0.29) is 17.6 Å². The number of nitrogens with zero attached hydrogens (tertiary/aromatic N) is 3. The first-order chi connectivity index (χ1) is 14.0. The lowest BCUT2D eigenvalue weighted by atomic mass is 10.1. The van der Waals surface area contributed by atoms with Gasteiger partial charge in [-0.25, -0.2) is 4.79 Å². The van der Waals surface area contributed by atoms with Gasteiger partial charge in [-0.1, -0.05) is 36.0 Å². The van der Waals surface area contributed by atoms with Gasteiger partial charge >= 0.3 is 5.97 Å². The van der Waals surface area contributed by atoms with E-state index in [4.69, 9.17) is 4.74 Å². The van der Waals surface area contributed by atoms with Crippen LogP contribution >= 0.6 is 11.8 Å². The number of carbonyl (C=O) groups is 2. The van der Waals surface area contributed by atoms with Crippen molar-refractivity contribution >= 4 is 29.3 Å². The zero-order valence-corrected chi connectivity index (χ0v) is 17.3. The largest absolute Gasteiger partial charge is 0.462 e. The van der Waals surface area contributed by atoms with Crippen LogP contribution in [0.4, 0.5) is 5.69 Å². The fraction of sp³-hybridized carbons (Fsp3) is 0.238. The highest BCUT2D eigenvalue weighted by Crippen LogP contribution is 2.25. The van der Waals surface area contributed by atoms with Gasteiger partial charge in [0.25, 0.3) is 0 Å². The van der Waals surface area contributed by atoms with Crippen LogP contribution in [0.3, 0.4) is 0 Å². The minimum Gasteiger partial charge on any atom is -0.462 e. The SMILES string of the molecule is CCOC(=O)c1ccc(NC(=O)CSc2nnc(-c3ccccc3C)n2C)cc1. The highest BCUT2D eigenvalue weighted by molar-refractivity contribution is 7.99. The Balaban J connectivity index is 1.59. The van der Waals surface area contributed by atoms with Gasteiger partial charge in [0, 0.05) is 18.3 Å². The molecule has 0 aliphatic carbocycles. The fourth-order valence-electron chi connectivity index (χ4n) is 2.73. The zero-order chi connectivity index (χ0) is 20.8. The van der Waals surface area contributed by atoms with Crippen LogP contribution in [-0.4, -0.2) is 39.0 Å². The van der Waals surface area contributed by atoms with Gasteiger partial charge in [0.1, 0.15) is 0 Å². The van der Waals surface area contributed by atoms with Crippen molar-refractivity contribution in [2.75, 3.05) is 17.7 Å². The second-order valence-electron chi connectivity index (χ2n) is 6.31. The number of hydrogen-bond acceptors (Lipinski definition) is 6. The molecule has 1 aromatic heterocycles. The summed E-state index contributed by atoms with van der Waals surface area (Å²) in [5, 5.41) is 11.9. The van der Waals surface area contributed by atoms with Gasteiger partial charge in [0.2, 0.25) is 5.91 Å². The Morgan fingerprint density at radius 1 is 1.10 bits per heavy atom. The van der Waals surface area contributed by atoms with Crippen LogP contribution in [0.25, 0.3) is 11.4 Å². The number of rotatable bonds is 7. The molecule has 0 saturated carbocycles. The van der Waals surface area contributed by atoms with Gasteiger partial charge in [-0.15, -0.1) is 10.2 Å². The molecule has 1 heterocycles. The smallest absolute Gasteiger partial charge is 0.338 e. The molecule has 0 spiro atoms. The van der Waals surface area contributed by atoms with Crippen LogP contribution in [0.2, 0.25) is 0 Å². The molecule has 2 aromatic carbocycles. The number of benzene rings is 2. The Hall–Kier alpha value is -3.13. The summed E-state index contributed by atoms with van der Waals surface area (Å²) in [5.41, 5.74) is 3.19. The maximum absolute atomic E-state index is 12.3. The van der Waals surface area contributed by atoms with Crippen LogP contribution in [0, 0.1) is 6.92 Å². The third-order valence-electron chi connectivity index (χ3n) is 4.23.